The van der Waals surface area contributed by atoms with Gasteiger partial charge in [0.15, 0.2) is 0 Å². The lowest BCUT2D eigenvalue weighted by atomic mass is 9.92. The van der Waals surface area contributed by atoms with Crippen LogP contribution in [-0.4, -0.2) is 18.0 Å². The number of hydrogen-bond donors (Lipinski definition) is 1. The zero-order chi connectivity index (χ0) is 13.0. The van der Waals surface area contributed by atoms with Crippen molar-refractivity contribution in [3.63, 3.8) is 0 Å². The number of nitrogens with two attached hydrogens (primary N) is 1. The van der Waals surface area contributed by atoms with Crippen LogP contribution in [0.25, 0.3) is 0 Å². The summed E-state index contributed by atoms with van der Waals surface area (Å²) < 4.78 is 0. The third-order valence-electron chi connectivity index (χ3n) is 4.10. The summed E-state index contributed by atoms with van der Waals surface area (Å²) in [7, 11) is 0. The second-order valence-corrected chi connectivity index (χ2v) is 5.71. The number of anilines is 1. The average molecular weight is 246 g/mol. The SMILES string of the molecule is CCCC1CCN(Cc2cc(C)ccc2N)CC1. The lowest BCUT2D eigenvalue weighted by Crippen LogP contribution is -2.33. The highest BCUT2D eigenvalue weighted by atomic mass is 15.1. The summed E-state index contributed by atoms with van der Waals surface area (Å²) in [4.78, 5) is 2.55. The van der Waals surface area contributed by atoms with Crippen LogP contribution in [0.3, 0.4) is 0 Å². The van der Waals surface area contributed by atoms with Crippen LogP contribution in [0.2, 0.25) is 0 Å². The number of likely N-dealkylation sites (tertiary alicyclic amines) is 1. The zero-order valence-electron chi connectivity index (χ0n) is 11.8. The van der Waals surface area contributed by atoms with Crippen LogP contribution in [0.5, 0.6) is 0 Å². The maximum atomic E-state index is 6.05. The Hall–Kier alpha value is -1.02. The van der Waals surface area contributed by atoms with Gasteiger partial charge in [-0.1, -0.05) is 37.5 Å². The predicted molar refractivity (Wildman–Crippen MR) is 78.5 cm³/mol. The number of benzene rings is 1. The summed E-state index contributed by atoms with van der Waals surface area (Å²) >= 11 is 0. The molecule has 1 saturated heterocycles. The van der Waals surface area contributed by atoms with E-state index in [1.54, 1.807) is 0 Å². The maximum absolute atomic E-state index is 6.05. The van der Waals surface area contributed by atoms with Crippen molar-refractivity contribution in [2.24, 2.45) is 5.92 Å². The Morgan fingerprint density at radius 1 is 1.28 bits per heavy atom. The number of rotatable bonds is 4. The lowest BCUT2D eigenvalue weighted by molar-refractivity contribution is 0.172. The smallest absolute Gasteiger partial charge is 0.0359 e. The first-order chi connectivity index (χ1) is 8.69. The van der Waals surface area contributed by atoms with Gasteiger partial charge in [0.2, 0.25) is 0 Å². The van der Waals surface area contributed by atoms with Gasteiger partial charge < -0.3 is 5.73 Å². The molecule has 2 heteroatoms. The van der Waals surface area contributed by atoms with E-state index in [0.29, 0.717) is 0 Å². The quantitative estimate of drug-likeness (QED) is 0.823. The fourth-order valence-corrected chi connectivity index (χ4v) is 2.95. The minimum atomic E-state index is 0.941. The first kappa shape index (κ1) is 13.4. The Kier molecular flexibility index (Phi) is 4.65. The summed E-state index contributed by atoms with van der Waals surface area (Å²) in [5, 5.41) is 0. The molecule has 1 heterocycles. The van der Waals surface area contributed by atoms with Crippen molar-refractivity contribution in [2.75, 3.05) is 18.8 Å². The summed E-state index contributed by atoms with van der Waals surface area (Å²) in [6, 6.07) is 6.36. The Bertz CT molecular complexity index is 379. The average Bonchev–Trinajstić information content (AvgIpc) is 2.37. The fraction of sp³-hybridized carbons (Fsp3) is 0.625. The van der Waals surface area contributed by atoms with Gasteiger partial charge in [-0.2, -0.15) is 0 Å². The molecule has 0 aromatic heterocycles. The monoisotopic (exact) mass is 246 g/mol. The normalized spacial score (nSPS) is 18.1. The van der Waals surface area contributed by atoms with E-state index in [-0.39, 0.29) is 0 Å². The molecule has 0 bridgehead atoms. The van der Waals surface area contributed by atoms with Crippen molar-refractivity contribution in [3.8, 4) is 0 Å². The third kappa shape index (κ3) is 3.49. The molecule has 0 radical (unpaired) electrons. The molecule has 0 atom stereocenters. The number of piperidine rings is 1. The van der Waals surface area contributed by atoms with E-state index in [1.807, 2.05) is 6.07 Å². The van der Waals surface area contributed by atoms with Gasteiger partial charge in [-0.3, -0.25) is 4.90 Å². The molecule has 18 heavy (non-hydrogen) atoms. The van der Waals surface area contributed by atoms with Crippen LogP contribution >= 0.6 is 0 Å². The fourth-order valence-electron chi connectivity index (χ4n) is 2.95. The highest BCUT2D eigenvalue weighted by molar-refractivity contribution is 5.48. The van der Waals surface area contributed by atoms with Gasteiger partial charge in [-0.15, -0.1) is 0 Å². The van der Waals surface area contributed by atoms with Gasteiger partial charge in [-0.25, -0.2) is 0 Å². The molecule has 0 aliphatic carbocycles. The Morgan fingerprint density at radius 3 is 2.67 bits per heavy atom. The van der Waals surface area contributed by atoms with Crippen LogP contribution in [0.1, 0.15) is 43.7 Å². The van der Waals surface area contributed by atoms with Crippen molar-refractivity contribution in [1.29, 1.82) is 0 Å². The first-order valence-electron chi connectivity index (χ1n) is 7.26. The Labute approximate surface area is 111 Å². The van der Waals surface area contributed by atoms with Gasteiger partial charge in [0.1, 0.15) is 0 Å². The molecule has 0 amide bonds. The highest BCUT2D eigenvalue weighted by Crippen LogP contribution is 2.24. The van der Waals surface area contributed by atoms with E-state index in [1.165, 1.54) is 49.9 Å². The van der Waals surface area contributed by atoms with Gasteiger partial charge in [-0.05, 0) is 50.4 Å². The molecule has 2 N–H and O–H groups in total. The van der Waals surface area contributed by atoms with Crippen molar-refractivity contribution in [2.45, 2.75) is 46.1 Å². The van der Waals surface area contributed by atoms with Crippen LogP contribution < -0.4 is 5.73 Å². The molecule has 0 saturated carbocycles. The standard InChI is InChI=1S/C16H26N2/c1-3-4-14-7-9-18(10-8-14)12-15-11-13(2)5-6-16(15)17/h5-6,11,14H,3-4,7-10,12,17H2,1-2H3. The molecule has 2 rings (SSSR count). The number of nitrogen functional groups attached to an aromatic ring is 1. The lowest BCUT2D eigenvalue weighted by Gasteiger charge is -2.32. The molecule has 2 nitrogen and oxygen atoms in total. The number of aryl methyl sites for hydroxylation is 1. The Morgan fingerprint density at radius 2 is 2.00 bits per heavy atom. The van der Waals surface area contributed by atoms with Crippen LogP contribution in [-0.2, 0) is 6.54 Å². The molecule has 1 aliphatic heterocycles. The Balaban J connectivity index is 1.89. The van der Waals surface area contributed by atoms with E-state index in [9.17, 15) is 0 Å². The van der Waals surface area contributed by atoms with E-state index >= 15 is 0 Å². The summed E-state index contributed by atoms with van der Waals surface area (Å²) in [5.41, 5.74) is 9.60. The molecule has 1 fully saturated rings. The largest absolute Gasteiger partial charge is 0.398 e. The van der Waals surface area contributed by atoms with E-state index in [4.69, 9.17) is 5.73 Å². The summed E-state index contributed by atoms with van der Waals surface area (Å²) in [6.45, 7) is 7.92. The minimum Gasteiger partial charge on any atom is -0.398 e. The molecule has 0 unspecified atom stereocenters. The van der Waals surface area contributed by atoms with Gasteiger partial charge in [0.25, 0.3) is 0 Å². The van der Waals surface area contributed by atoms with Crippen LogP contribution in [0, 0.1) is 12.8 Å². The van der Waals surface area contributed by atoms with Gasteiger partial charge in [0, 0.05) is 12.2 Å². The van der Waals surface area contributed by atoms with Gasteiger partial charge in [0.05, 0.1) is 0 Å². The highest BCUT2D eigenvalue weighted by Gasteiger charge is 2.18. The topological polar surface area (TPSA) is 29.3 Å². The summed E-state index contributed by atoms with van der Waals surface area (Å²) in [6.07, 6.45) is 5.45. The second kappa shape index (κ2) is 6.24. The molecule has 0 spiro atoms. The van der Waals surface area contributed by atoms with Crippen LogP contribution in [0.15, 0.2) is 18.2 Å². The third-order valence-corrected chi connectivity index (χ3v) is 4.10. The maximum Gasteiger partial charge on any atom is 0.0359 e. The molecule has 1 aromatic carbocycles. The molecule has 1 aliphatic rings. The predicted octanol–water partition coefficient (Wildman–Crippen LogP) is 3.59. The zero-order valence-corrected chi connectivity index (χ0v) is 11.8. The van der Waals surface area contributed by atoms with E-state index in [2.05, 4.69) is 30.9 Å². The van der Waals surface area contributed by atoms with Crippen molar-refractivity contribution in [1.82, 2.24) is 4.90 Å². The molecule has 1 aromatic rings. The van der Waals surface area contributed by atoms with Crippen molar-refractivity contribution in [3.05, 3.63) is 29.3 Å². The minimum absolute atomic E-state index is 0.941. The second-order valence-electron chi connectivity index (χ2n) is 5.71. The molecular weight excluding hydrogens is 220 g/mol. The van der Waals surface area contributed by atoms with E-state index < -0.39 is 0 Å². The molecular formula is C16H26N2. The van der Waals surface area contributed by atoms with Crippen molar-refractivity contribution < 1.29 is 0 Å². The van der Waals surface area contributed by atoms with Gasteiger partial charge >= 0.3 is 0 Å². The number of hydrogen-bond acceptors (Lipinski definition) is 2. The first-order valence-corrected chi connectivity index (χ1v) is 7.26. The van der Waals surface area contributed by atoms with E-state index in [0.717, 1.165) is 18.2 Å². The van der Waals surface area contributed by atoms with Crippen molar-refractivity contribution >= 4 is 5.69 Å². The van der Waals surface area contributed by atoms with Crippen LogP contribution in [0.4, 0.5) is 5.69 Å². The molecule has 100 valence electrons. The summed E-state index contributed by atoms with van der Waals surface area (Å²) in [5.74, 6) is 0.959. The number of nitrogens with zero attached hydrogens (tertiary/aromatic N) is 1.